The van der Waals surface area contributed by atoms with Gasteiger partial charge >= 0.3 is 0 Å². The lowest BCUT2D eigenvalue weighted by molar-refractivity contribution is 0.293. The first kappa shape index (κ1) is 14.0. The maximum absolute atomic E-state index is 5.67. The Balaban J connectivity index is 1.51. The van der Waals surface area contributed by atoms with Gasteiger partial charge in [-0.2, -0.15) is 4.98 Å². The monoisotopic (exact) mass is 296 g/mol. The molecule has 112 valence electrons. The average Bonchev–Trinajstić information content (AvgIpc) is 3.08. The number of aromatic nitrogens is 5. The van der Waals surface area contributed by atoms with Crippen LogP contribution >= 0.6 is 0 Å². The molecule has 7 nitrogen and oxygen atoms in total. The van der Waals surface area contributed by atoms with E-state index in [1.165, 1.54) is 0 Å². The summed E-state index contributed by atoms with van der Waals surface area (Å²) in [5, 5.41) is 10.8. The molecule has 3 aromatic rings. The Morgan fingerprint density at radius 2 is 2.00 bits per heavy atom. The summed E-state index contributed by atoms with van der Waals surface area (Å²) in [5.41, 5.74) is 1.10. The van der Waals surface area contributed by atoms with Crippen molar-refractivity contribution in [2.45, 2.75) is 13.2 Å². The smallest absolute Gasteiger partial charge is 0.226 e. The van der Waals surface area contributed by atoms with Crippen molar-refractivity contribution in [1.82, 2.24) is 25.0 Å². The van der Waals surface area contributed by atoms with Crippen LogP contribution in [0.4, 0.5) is 5.95 Å². The van der Waals surface area contributed by atoms with E-state index in [0.29, 0.717) is 31.5 Å². The van der Waals surface area contributed by atoms with Gasteiger partial charge in [-0.15, -0.1) is 5.10 Å². The van der Waals surface area contributed by atoms with E-state index in [-0.39, 0.29) is 0 Å². The molecule has 1 N–H and O–H groups in total. The van der Waals surface area contributed by atoms with Crippen LogP contribution in [0.1, 0.15) is 5.56 Å². The molecule has 22 heavy (non-hydrogen) atoms. The van der Waals surface area contributed by atoms with Crippen molar-refractivity contribution >= 4 is 5.95 Å². The van der Waals surface area contributed by atoms with Crippen LogP contribution in [0.2, 0.25) is 0 Å². The third-order valence-electron chi connectivity index (χ3n) is 2.96. The third kappa shape index (κ3) is 4.02. The van der Waals surface area contributed by atoms with Gasteiger partial charge in [-0.1, -0.05) is 35.5 Å². The van der Waals surface area contributed by atoms with Gasteiger partial charge in [-0.05, 0) is 5.56 Å². The zero-order chi connectivity index (χ0) is 15.0. The molecule has 0 spiro atoms. The first-order valence-corrected chi connectivity index (χ1v) is 6.98. The summed E-state index contributed by atoms with van der Waals surface area (Å²) in [6.07, 6.45) is 5.13. The fourth-order valence-corrected chi connectivity index (χ4v) is 1.87. The number of nitrogens with one attached hydrogen (secondary N) is 1. The van der Waals surface area contributed by atoms with Gasteiger partial charge in [-0.3, -0.25) is 4.68 Å². The molecule has 0 radical (unpaired) electrons. The topological polar surface area (TPSA) is 77.8 Å². The first-order valence-electron chi connectivity index (χ1n) is 6.98. The van der Waals surface area contributed by atoms with Gasteiger partial charge in [0.1, 0.15) is 6.61 Å². The second-order valence-corrected chi connectivity index (χ2v) is 4.59. The van der Waals surface area contributed by atoms with E-state index >= 15 is 0 Å². The van der Waals surface area contributed by atoms with Crippen LogP contribution < -0.4 is 10.1 Å². The lowest BCUT2D eigenvalue weighted by Crippen LogP contribution is -2.13. The highest BCUT2D eigenvalue weighted by molar-refractivity contribution is 5.27. The molecule has 0 aliphatic rings. The SMILES string of the molecule is c1ccc(COc2ccnc(NCCn3ccnn3)n2)cc1. The van der Waals surface area contributed by atoms with Crippen molar-refractivity contribution in [3.63, 3.8) is 0 Å². The first-order chi connectivity index (χ1) is 10.9. The maximum atomic E-state index is 5.67. The van der Waals surface area contributed by atoms with Gasteiger partial charge in [0.2, 0.25) is 11.8 Å². The summed E-state index contributed by atoms with van der Waals surface area (Å²) >= 11 is 0. The number of hydrogen-bond acceptors (Lipinski definition) is 6. The van der Waals surface area contributed by atoms with Crippen LogP contribution in [0.3, 0.4) is 0 Å². The van der Waals surface area contributed by atoms with E-state index in [4.69, 9.17) is 4.74 Å². The minimum Gasteiger partial charge on any atom is -0.473 e. The largest absolute Gasteiger partial charge is 0.473 e. The number of ether oxygens (including phenoxy) is 1. The van der Waals surface area contributed by atoms with Crippen LogP contribution in [-0.2, 0) is 13.2 Å². The summed E-state index contributed by atoms with van der Waals surface area (Å²) < 4.78 is 7.41. The lowest BCUT2D eigenvalue weighted by Gasteiger charge is -2.08. The molecule has 0 amide bonds. The Labute approximate surface area is 128 Å². The highest BCUT2D eigenvalue weighted by Crippen LogP contribution is 2.10. The fraction of sp³-hybridized carbons (Fsp3) is 0.200. The summed E-state index contributed by atoms with van der Waals surface area (Å²) in [6.45, 7) is 1.83. The van der Waals surface area contributed by atoms with Crippen LogP contribution in [0.5, 0.6) is 5.88 Å². The van der Waals surface area contributed by atoms with Gasteiger partial charge in [0, 0.05) is 25.0 Å². The van der Waals surface area contributed by atoms with Crippen molar-refractivity contribution in [3.05, 3.63) is 60.6 Å². The summed E-state index contributed by atoms with van der Waals surface area (Å²) in [5.74, 6) is 1.08. The summed E-state index contributed by atoms with van der Waals surface area (Å²) in [4.78, 5) is 8.48. The molecule has 1 aromatic carbocycles. The third-order valence-corrected chi connectivity index (χ3v) is 2.96. The Bertz CT molecular complexity index is 686. The van der Waals surface area contributed by atoms with Gasteiger partial charge in [0.25, 0.3) is 0 Å². The number of nitrogens with zero attached hydrogens (tertiary/aromatic N) is 5. The van der Waals surface area contributed by atoms with Gasteiger partial charge in [0.05, 0.1) is 12.7 Å². The molecule has 0 aliphatic carbocycles. The zero-order valence-corrected chi connectivity index (χ0v) is 12.0. The normalized spacial score (nSPS) is 10.4. The van der Waals surface area contributed by atoms with E-state index in [1.807, 2.05) is 36.5 Å². The van der Waals surface area contributed by atoms with Crippen molar-refractivity contribution in [1.29, 1.82) is 0 Å². The number of anilines is 1. The Kier molecular flexibility index (Phi) is 4.56. The van der Waals surface area contributed by atoms with E-state index in [0.717, 1.165) is 5.56 Å². The number of benzene rings is 1. The predicted octanol–water partition coefficient (Wildman–Crippen LogP) is 1.76. The molecule has 0 aliphatic heterocycles. The second-order valence-electron chi connectivity index (χ2n) is 4.59. The van der Waals surface area contributed by atoms with Gasteiger partial charge in [0.15, 0.2) is 0 Å². The molecule has 0 atom stereocenters. The van der Waals surface area contributed by atoms with E-state index in [1.54, 1.807) is 23.1 Å². The highest BCUT2D eigenvalue weighted by Gasteiger charge is 2.01. The Morgan fingerprint density at radius 3 is 2.82 bits per heavy atom. The summed E-state index contributed by atoms with van der Waals surface area (Å²) in [6, 6.07) is 11.7. The van der Waals surface area contributed by atoms with Crippen LogP contribution in [0.15, 0.2) is 55.0 Å². The molecule has 2 aromatic heterocycles. The molecule has 0 bridgehead atoms. The van der Waals surface area contributed by atoms with Crippen LogP contribution in [-0.4, -0.2) is 31.5 Å². The lowest BCUT2D eigenvalue weighted by atomic mass is 10.2. The number of hydrogen-bond donors (Lipinski definition) is 1. The van der Waals surface area contributed by atoms with Crippen molar-refractivity contribution < 1.29 is 4.74 Å². The molecule has 0 saturated heterocycles. The average molecular weight is 296 g/mol. The molecule has 0 saturated carbocycles. The van der Waals surface area contributed by atoms with Crippen molar-refractivity contribution in [2.24, 2.45) is 0 Å². The quantitative estimate of drug-likeness (QED) is 0.716. The molecular formula is C15H16N6O. The standard InChI is InChI=1S/C15H16N6O/c1-2-4-13(5-3-1)12-22-14-6-7-16-15(19-14)17-8-10-21-11-9-18-20-21/h1-7,9,11H,8,10,12H2,(H,16,17,19). The Morgan fingerprint density at radius 1 is 1.09 bits per heavy atom. The van der Waals surface area contributed by atoms with Gasteiger partial charge < -0.3 is 10.1 Å². The predicted molar refractivity (Wildman–Crippen MR) is 81.3 cm³/mol. The van der Waals surface area contributed by atoms with Gasteiger partial charge in [-0.25, -0.2) is 4.98 Å². The van der Waals surface area contributed by atoms with Crippen molar-refractivity contribution in [2.75, 3.05) is 11.9 Å². The second kappa shape index (κ2) is 7.16. The van der Waals surface area contributed by atoms with Crippen LogP contribution in [0, 0.1) is 0 Å². The highest BCUT2D eigenvalue weighted by atomic mass is 16.5. The Hall–Kier alpha value is -2.96. The van der Waals surface area contributed by atoms with Crippen molar-refractivity contribution in [3.8, 4) is 5.88 Å². The molecule has 0 fully saturated rings. The number of rotatable bonds is 7. The van der Waals surface area contributed by atoms with E-state index < -0.39 is 0 Å². The van der Waals surface area contributed by atoms with E-state index in [9.17, 15) is 0 Å². The van der Waals surface area contributed by atoms with Crippen LogP contribution in [0.25, 0.3) is 0 Å². The maximum Gasteiger partial charge on any atom is 0.226 e. The molecule has 7 heteroatoms. The summed E-state index contributed by atoms with van der Waals surface area (Å²) in [7, 11) is 0. The zero-order valence-electron chi connectivity index (χ0n) is 12.0. The van der Waals surface area contributed by atoms with E-state index in [2.05, 4.69) is 25.6 Å². The molecule has 0 unspecified atom stereocenters. The molecular weight excluding hydrogens is 280 g/mol. The minimum absolute atomic E-state index is 0.482. The molecule has 3 rings (SSSR count). The molecule has 2 heterocycles. The minimum atomic E-state index is 0.482. The fourth-order valence-electron chi connectivity index (χ4n) is 1.87.